The van der Waals surface area contributed by atoms with E-state index in [2.05, 4.69) is 15.3 Å². The number of rotatable bonds is 4. The van der Waals surface area contributed by atoms with Gasteiger partial charge in [0.05, 0.1) is 19.4 Å². The minimum Gasteiger partial charge on any atom is -0.378 e. The second-order valence-electron chi connectivity index (χ2n) is 5.13. The van der Waals surface area contributed by atoms with Gasteiger partial charge in [-0.1, -0.05) is 11.3 Å². The molecule has 0 aliphatic carbocycles. The van der Waals surface area contributed by atoms with Crippen molar-refractivity contribution in [3.63, 3.8) is 0 Å². The smallest absolute Gasteiger partial charge is 0.378 e. The molecule has 130 valence electrons. The number of morpholine rings is 1. The fraction of sp³-hybridized carbons (Fsp3) is 0.429. The summed E-state index contributed by atoms with van der Waals surface area (Å²) in [6.07, 6.45) is -2.14. The molecule has 2 aromatic heterocycles. The van der Waals surface area contributed by atoms with Crippen LogP contribution in [0.25, 0.3) is 0 Å². The third-order valence-electron chi connectivity index (χ3n) is 3.42. The van der Waals surface area contributed by atoms with Crippen molar-refractivity contribution in [3.8, 4) is 0 Å². The summed E-state index contributed by atoms with van der Waals surface area (Å²) in [5.41, 5.74) is 0.522. The number of nitrogens with zero attached hydrogens (tertiary/aromatic N) is 3. The maximum Gasteiger partial charge on any atom is 0.427 e. The molecular formula is C14H14F4N4OS. The van der Waals surface area contributed by atoms with Crippen LogP contribution in [0.15, 0.2) is 18.5 Å². The summed E-state index contributed by atoms with van der Waals surface area (Å²) >= 11 is 0.506. The number of pyridine rings is 1. The zero-order valence-electron chi connectivity index (χ0n) is 12.4. The highest BCUT2D eigenvalue weighted by Crippen LogP contribution is 2.35. The Bertz CT molecular complexity index is 700. The fourth-order valence-corrected chi connectivity index (χ4v) is 2.92. The van der Waals surface area contributed by atoms with E-state index in [-0.39, 0.29) is 17.5 Å². The van der Waals surface area contributed by atoms with Crippen LogP contribution >= 0.6 is 11.3 Å². The highest BCUT2D eigenvalue weighted by atomic mass is 32.1. The number of halogens is 4. The van der Waals surface area contributed by atoms with Gasteiger partial charge < -0.3 is 15.0 Å². The number of nitrogens with one attached hydrogen (secondary N) is 1. The molecular weight excluding hydrogens is 348 g/mol. The summed E-state index contributed by atoms with van der Waals surface area (Å²) < 4.78 is 56.9. The third kappa shape index (κ3) is 3.93. The molecule has 10 heteroatoms. The lowest BCUT2D eigenvalue weighted by Crippen LogP contribution is -2.37. The van der Waals surface area contributed by atoms with Gasteiger partial charge in [-0.2, -0.15) is 13.2 Å². The topological polar surface area (TPSA) is 50.3 Å². The molecule has 3 heterocycles. The lowest BCUT2D eigenvalue weighted by atomic mass is 10.2. The van der Waals surface area contributed by atoms with Crippen LogP contribution < -0.4 is 10.2 Å². The summed E-state index contributed by atoms with van der Waals surface area (Å²) in [5, 5.41) is 2.87. The molecule has 24 heavy (non-hydrogen) atoms. The molecule has 1 N–H and O–H groups in total. The predicted octanol–water partition coefficient (Wildman–Crippen LogP) is 3.14. The third-order valence-corrected chi connectivity index (χ3v) is 4.42. The van der Waals surface area contributed by atoms with Gasteiger partial charge >= 0.3 is 6.18 Å². The number of aromatic nitrogens is 2. The predicted molar refractivity (Wildman–Crippen MR) is 81.7 cm³/mol. The summed E-state index contributed by atoms with van der Waals surface area (Å²) in [5.74, 6) is -0.207. The Balaban J connectivity index is 1.63. The number of ether oxygens (including phenoxy) is 1. The van der Waals surface area contributed by atoms with Gasteiger partial charge in [-0.05, 0) is 11.6 Å². The van der Waals surface area contributed by atoms with Gasteiger partial charge in [0.2, 0.25) is 0 Å². The number of thiazole rings is 1. The van der Waals surface area contributed by atoms with Crippen molar-refractivity contribution in [2.24, 2.45) is 0 Å². The van der Waals surface area contributed by atoms with Crippen molar-refractivity contribution in [2.45, 2.75) is 12.7 Å². The van der Waals surface area contributed by atoms with Gasteiger partial charge in [0.25, 0.3) is 0 Å². The van der Waals surface area contributed by atoms with E-state index in [4.69, 9.17) is 4.74 Å². The minimum absolute atomic E-state index is 0.125. The highest BCUT2D eigenvalue weighted by molar-refractivity contribution is 7.15. The maximum absolute atomic E-state index is 14.2. The second-order valence-corrected chi connectivity index (χ2v) is 6.16. The molecule has 0 aromatic carbocycles. The van der Waals surface area contributed by atoms with E-state index in [1.807, 2.05) is 0 Å². The first kappa shape index (κ1) is 16.9. The Hall–Kier alpha value is -1.94. The molecule has 0 radical (unpaired) electrons. The van der Waals surface area contributed by atoms with Crippen molar-refractivity contribution < 1.29 is 22.3 Å². The average molecular weight is 362 g/mol. The Morgan fingerprint density at radius 3 is 2.58 bits per heavy atom. The second kappa shape index (κ2) is 6.89. The molecule has 5 nitrogen and oxygen atoms in total. The van der Waals surface area contributed by atoms with Crippen LogP contribution in [-0.4, -0.2) is 36.3 Å². The van der Waals surface area contributed by atoms with Crippen molar-refractivity contribution in [2.75, 3.05) is 36.5 Å². The molecule has 0 saturated carbocycles. The van der Waals surface area contributed by atoms with Gasteiger partial charge in [0.15, 0.2) is 16.8 Å². The molecule has 0 spiro atoms. The van der Waals surface area contributed by atoms with E-state index in [0.717, 1.165) is 6.20 Å². The molecule has 0 amide bonds. The molecule has 2 aromatic rings. The molecule has 0 bridgehead atoms. The number of hydrogen-bond acceptors (Lipinski definition) is 6. The molecule has 1 saturated heterocycles. The lowest BCUT2D eigenvalue weighted by molar-refractivity contribution is -0.134. The molecule has 1 aliphatic heterocycles. The van der Waals surface area contributed by atoms with E-state index in [1.54, 1.807) is 4.90 Å². The first-order chi connectivity index (χ1) is 11.4. The van der Waals surface area contributed by atoms with Crippen molar-refractivity contribution >= 4 is 22.3 Å². The Morgan fingerprint density at radius 1 is 1.21 bits per heavy atom. The first-order valence-corrected chi connectivity index (χ1v) is 7.99. The summed E-state index contributed by atoms with van der Waals surface area (Å²) in [6, 6.07) is 1.32. The van der Waals surface area contributed by atoms with Crippen molar-refractivity contribution in [1.82, 2.24) is 9.97 Å². The van der Waals surface area contributed by atoms with Crippen LogP contribution in [0, 0.1) is 5.82 Å². The Labute approximate surface area is 139 Å². The van der Waals surface area contributed by atoms with Crippen LogP contribution in [0.3, 0.4) is 0 Å². The minimum atomic E-state index is -4.41. The SMILES string of the molecule is Fc1cc(CNc2ncc(C(F)(F)F)s2)cnc1N1CCOCC1. The highest BCUT2D eigenvalue weighted by Gasteiger charge is 2.33. The van der Waals surface area contributed by atoms with Crippen LogP contribution in [0.5, 0.6) is 0 Å². The van der Waals surface area contributed by atoms with Crippen molar-refractivity contribution in [1.29, 1.82) is 0 Å². The van der Waals surface area contributed by atoms with Gasteiger partial charge in [0.1, 0.15) is 4.88 Å². The van der Waals surface area contributed by atoms with E-state index < -0.39 is 16.9 Å². The monoisotopic (exact) mass is 362 g/mol. The summed E-state index contributed by atoms with van der Waals surface area (Å²) in [7, 11) is 0. The number of hydrogen-bond donors (Lipinski definition) is 1. The molecule has 3 rings (SSSR count). The van der Waals surface area contributed by atoms with Gasteiger partial charge in [0, 0.05) is 25.8 Å². The summed E-state index contributed by atoms with van der Waals surface area (Å²) in [4.78, 5) is 8.80. The largest absolute Gasteiger partial charge is 0.427 e. The zero-order chi connectivity index (χ0) is 17.2. The van der Waals surface area contributed by atoms with Crippen LogP contribution in [0.4, 0.5) is 28.5 Å². The van der Waals surface area contributed by atoms with E-state index in [1.165, 1.54) is 12.3 Å². The van der Waals surface area contributed by atoms with Crippen molar-refractivity contribution in [3.05, 3.63) is 34.7 Å². The molecule has 1 aliphatic rings. The summed E-state index contributed by atoms with van der Waals surface area (Å²) in [6.45, 7) is 2.33. The molecule has 0 unspecified atom stereocenters. The normalized spacial score (nSPS) is 15.6. The fourth-order valence-electron chi connectivity index (χ4n) is 2.24. The Morgan fingerprint density at radius 2 is 1.96 bits per heavy atom. The van der Waals surface area contributed by atoms with Crippen LogP contribution in [0.2, 0.25) is 0 Å². The molecule has 1 fully saturated rings. The van der Waals surface area contributed by atoms with E-state index >= 15 is 0 Å². The van der Waals surface area contributed by atoms with Crippen LogP contribution in [-0.2, 0) is 17.5 Å². The standard InChI is InChI=1S/C14H14F4N4OS/c15-10-5-9(6-19-12(10)22-1-3-23-4-2-22)7-20-13-21-8-11(24-13)14(16,17)18/h5-6,8H,1-4,7H2,(H,20,21). The van der Waals surface area contributed by atoms with Gasteiger partial charge in [-0.15, -0.1) is 0 Å². The average Bonchev–Trinajstić information content (AvgIpc) is 3.03. The van der Waals surface area contributed by atoms with E-state index in [9.17, 15) is 17.6 Å². The lowest BCUT2D eigenvalue weighted by Gasteiger charge is -2.28. The quantitative estimate of drug-likeness (QED) is 0.847. The maximum atomic E-state index is 14.2. The number of anilines is 2. The first-order valence-electron chi connectivity index (χ1n) is 7.17. The number of alkyl halides is 3. The van der Waals surface area contributed by atoms with E-state index in [0.29, 0.717) is 43.2 Å². The van der Waals surface area contributed by atoms with Crippen LogP contribution in [0.1, 0.15) is 10.4 Å². The Kier molecular flexibility index (Phi) is 4.86. The van der Waals surface area contributed by atoms with Gasteiger partial charge in [-0.25, -0.2) is 14.4 Å². The van der Waals surface area contributed by atoms with Gasteiger partial charge in [-0.3, -0.25) is 0 Å². The molecule has 0 atom stereocenters. The zero-order valence-corrected chi connectivity index (χ0v) is 13.3.